The first-order valence-electron chi connectivity index (χ1n) is 7.65. The van der Waals surface area contributed by atoms with Crippen molar-refractivity contribution in [3.05, 3.63) is 48.7 Å². The number of hydrogen-bond acceptors (Lipinski definition) is 3. The van der Waals surface area contributed by atoms with Crippen molar-refractivity contribution in [3.8, 4) is 0 Å². The molecule has 0 unspecified atom stereocenters. The number of aromatic nitrogens is 1. The van der Waals surface area contributed by atoms with E-state index in [1.165, 1.54) is 25.7 Å². The van der Waals surface area contributed by atoms with E-state index in [9.17, 15) is 4.79 Å². The van der Waals surface area contributed by atoms with Gasteiger partial charge in [0.05, 0.1) is 11.9 Å². The number of rotatable bonds is 4. The quantitative estimate of drug-likeness (QED) is 0.796. The molecule has 22 heavy (non-hydrogen) atoms. The molecule has 0 bridgehead atoms. The molecule has 1 aliphatic rings. The summed E-state index contributed by atoms with van der Waals surface area (Å²) >= 11 is 0. The second-order valence-electron chi connectivity index (χ2n) is 5.50. The van der Waals surface area contributed by atoms with Gasteiger partial charge in [-0.2, -0.15) is 0 Å². The Morgan fingerprint density at radius 2 is 1.73 bits per heavy atom. The molecule has 5 nitrogen and oxygen atoms in total. The molecule has 2 amide bonds. The van der Waals surface area contributed by atoms with Crippen LogP contribution in [0.4, 0.5) is 22.0 Å². The minimum atomic E-state index is -0.296. The number of carbonyl (C=O) groups excluding carboxylic acids is 1. The highest BCUT2D eigenvalue weighted by Crippen LogP contribution is 2.22. The van der Waals surface area contributed by atoms with Crippen LogP contribution < -0.4 is 16.0 Å². The van der Waals surface area contributed by atoms with Gasteiger partial charge in [0.25, 0.3) is 0 Å². The monoisotopic (exact) mass is 296 g/mol. The standard InChI is InChI=1S/C17H20N4O/c22-17(20-14-6-2-1-3-7-14)21-16-11-10-15(12-18-16)19-13-8-4-5-9-13/h1-3,6-7,10-13,19H,4-5,8-9H2,(H2,18,20,21,22). The average molecular weight is 296 g/mol. The van der Waals surface area contributed by atoms with Crippen molar-refractivity contribution in [2.24, 2.45) is 0 Å². The van der Waals surface area contributed by atoms with E-state index in [-0.39, 0.29) is 6.03 Å². The Hall–Kier alpha value is -2.56. The van der Waals surface area contributed by atoms with Crippen LogP contribution in [-0.2, 0) is 0 Å². The van der Waals surface area contributed by atoms with Crippen molar-refractivity contribution in [2.45, 2.75) is 31.7 Å². The van der Waals surface area contributed by atoms with Crippen molar-refractivity contribution in [1.29, 1.82) is 0 Å². The lowest BCUT2D eigenvalue weighted by atomic mass is 10.2. The average Bonchev–Trinajstić information content (AvgIpc) is 3.03. The molecule has 1 saturated carbocycles. The van der Waals surface area contributed by atoms with Crippen LogP contribution >= 0.6 is 0 Å². The highest BCUT2D eigenvalue weighted by Gasteiger charge is 2.14. The molecule has 2 aromatic rings. The van der Waals surface area contributed by atoms with Gasteiger partial charge in [0.15, 0.2) is 0 Å². The van der Waals surface area contributed by atoms with Crippen LogP contribution in [0.25, 0.3) is 0 Å². The molecule has 0 atom stereocenters. The fourth-order valence-electron chi connectivity index (χ4n) is 2.66. The molecule has 1 fully saturated rings. The van der Waals surface area contributed by atoms with E-state index in [1.54, 1.807) is 6.20 Å². The molecule has 3 N–H and O–H groups in total. The highest BCUT2D eigenvalue weighted by molar-refractivity contribution is 5.99. The van der Waals surface area contributed by atoms with Gasteiger partial charge < -0.3 is 10.6 Å². The normalized spacial score (nSPS) is 14.5. The molecule has 1 aliphatic carbocycles. The van der Waals surface area contributed by atoms with Crippen LogP contribution in [0.15, 0.2) is 48.7 Å². The Morgan fingerprint density at radius 3 is 2.41 bits per heavy atom. The number of benzene rings is 1. The largest absolute Gasteiger partial charge is 0.381 e. The predicted octanol–water partition coefficient (Wildman–Crippen LogP) is 4.08. The summed E-state index contributed by atoms with van der Waals surface area (Å²) in [6.45, 7) is 0. The smallest absolute Gasteiger partial charge is 0.324 e. The Labute approximate surface area is 130 Å². The lowest BCUT2D eigenvalue weighted by Gasteiger charge is -2.13. The number of hydrogen-bond donors (Lipinski definition) is 3. The van der Waals surface area contributed by atoms with Gasteiger partial charge in [-0.3, -0.25) is 5.32 Å². The van der Waals surface area contributed by atoms with E-state index in [0.29, 0.717) is 11.9 Å². The lowest BCUT2D eigenvalue weighted by Crippen LogP contribution is -2.20. The zero-order chi connectivity index (χ0) is 15.2. The van der Waals surface area contributed by atoms with Crippen molar-refractivity contribution < 1.29 is 4.79 Å². The fraction of sp³-hybridized carbons (Fsp3) is 0.294. The lowest BCUT2D eigenvalue weighted by molar-refractivity contribution is 0.262. The third kappa shape index (κ3) is 3.97. The summed E-state index contributed by atoms with van der Waals surface area (Å²) in [5, 5.41) is 8.95. The molecule has 3 rings (SSSR count). The Morgan fingerprint density at radius 1 is 0.955 bits per heavy atom. The van der Waals surface area contributed by atoms with Gasteiger partial charge >= 0.3 is 6.03 Å². The van der Waals surface area contributed by atoms with E-state index in [0.717, 1.165) is 11.4 Å². The number of amides is 2. The van der Waals surface area contributed by atoms with Gasteiger partial charge in [0.2, 0.25) is 0 Å². The molecule has 1 aromatic carbocycles. The van der Waals surface area contributed by atoms with Crippen LogP contribution in [-0.4, -0.2) is 17.1 Å². The van der Waals surface area contributed by atoms with Crippen LogP contribution in [0.1, 0.15) is 25.7 Å². The summed E-state index contributed by atoms with van der Waals surface area (Å²) in [5.74, 6) is 0.533. The number of pyridine rings is 1. The van der Waals surface area contributed by atoms with E-state index < -0.39 is 0 Å². The van der Waals surface area contributed by atoms with Crippen molar-refractivity contribution in [2.75, 3.05) is 16.0 Å². The molecule has 0 aliphatic heterocycles. The number of urea groups is 1. The minimum absolute atomic E-state index is 0.296. The molecule has 1 heterocycles. The van der Waals surface area contributed by atoms with E-state index in [4.69, 9.17) is 0 Å². The number of para-hydroxylation sites is 1. The van der Waals surface area contributed by atoms with Gasteiger partial charge in [0.1, 0.15) is 5.82 Å². The number of carbonyl (C=O) groups is 1. The molecule has 1 aromatic heterocycles. The first kappa shape index (κ1) is 14.4. The molecule has 0 spiro atoms. The minimum Gasteiger partial charge on any atom is -0.381 e. The van der Waals surface area contributed by atoms with Crippen LogP contribution in [0.3, 0.4) is 0 Å². The zero-order valence-electron chi connectivity index (χ0n) is 12.4. The highest BCUT2D eigenvalue weighted by atomic mass is 16.2. The maximum atomic E-state index is 11.9. The predicted molar refractivity (Wildman–Crippen MR) is 89.2 cm³/mol. The molecular formula is C17H20N4O. The first-order valence-corrected chi connectivity index (χ1v) is 7.65. The molecule has 0 radical (unpaired) electrons. The zero-order valence-corrected chi connectivity index (χ0v) is 12.4. The van der Waals surface area contributed by atoms with Crippen LogP contribution in [0.2, 0.25) is 0 Å². The SMILES string of the molecule is O=C(Nc1ccccc1)Nc1ccc(NC2CCCC2)cn1. The van der Waals surface area contributed by atoms with Crippen molar-refractivity contribution >= 4 is 23.2 Å². The summed E-state index contributed by atoms with van der Waals surface area (Å²) < 4.78 is 0. The van der Waals surface area contributed by atoms with Crippen molar-refractivity contribution in [1.82, 2.24) is 4.98 Å². The Bertz CT molecular complexity index is 606. The number of nitrogens with zero attached hydrogens (tertiary/aromatic N) is 1. The van der Waals surface area contributed by atoms with Crippen molar-refractivity contribution in [3.63, 3.8) is 0 Å². The second-order valence-corrected chi connectivity index (χ2v) is 5.50. The maximum absolute atomic E-state index is 11.9. The molecule has 114 valence electrons. The Kier molecular flexibility index (Phi) is 4.53. The summed E-state index contributed by atoms with van der Waals surface area (Å²) in [7, 11) is 0. The van der Waals surface area contributed by atoms with Crippen LogP contribution in [0, 0.1) is 0 Å². The molecular weight excluding hydrogens is 276 g/mol. The summed E-state index contributed by atoms with van der Waals surface area (Å²) in [5.41, 5.74) is 1.75. The first-order chi connectivity index (χ1) is 10.8. The topological polar surface area (TPSA) is 66.1 Å². The van der Waals surface area contributed by atoms with E-state index in [2.05, 4.69) is 20.9 Å². The summed E-state index contributed by atoms with van der Waals surface area (Å²) in [6, 6.07) is 13.3. The third-order valence-corrected chi connectivity index (χ3v) is 3.76. The van der Waals surface area contributed by atoms with E-state index >= 15 is 0 Å². The maximum Gasteiger partial charge on any atom is 0.324 e. The van der Waals surface area contributed by atoms with Gasteiger partial charge in [-0.05, 0) is 37.1 Å². The van der Waals surface area contributed by atoms with Gasteiger partial charge in [-0.25, -0.2) is 9.78 Å². The van der Waals surface area contributed by atoms with Crippen LogP contribution in [0.5, 0.6) is 0 Å². The molecule has 5 heteroatoms. The Balaban J connectivity index is 1.53. The fourth-order valence-corrected chi connectivity index (χ4v) is 2.66. The second kappa shape index (κ2) is 6.93. The van der Waals surface area contributed by atoms with E-state index in [1.807, 2.05) is 42.5 Å². The van der Waals surface area contributed by atoms with Gasteiger partial charge in [-0.1, -0.05) is 31.0 Å². The molecule has 0 saturated heterocycles. The summed E-state index contributed by atoms with van der Waals surface area (Å²) in [4.78, 5) is 16.1. The van der Waals surface area contributed by atoms with Gasteiger partial charge in [-0.15, -0.1) is 0 Å². The number of anilines is 3. The van der Waals surface area contributed by atoms with Gasteiger partial charge in [0, 0.05) is 11.7 Å². The summed E-state index contributed by atoms with van der Waals surface area (Å²) in [6.07, 6.45) is 6.80. The third-order valence-electron chi connectivity index (χ3n) is 3.76. The number of nitrogens with one attached hydrogen (secondary N) is 3.